The molecule has 0 saturated carbocycles. The van der Waals surface area contributed by atoms with Gasteiger partial charge in [-0.2, -0.15) is 0 Å². The van der Waals surface area contributed by atoms with Gasteiger partial charge in [0.15, 0.2) is 0 Å². The van der Waals surface area contributed by atoms with Gasteiger partial charge in [0.2, 0.25) is 0 Å². The highest BCUT2D eigenvalue weighted by Crippen LogP contribution is 2.32. The molecule has 1 aliphatic rings. The van der Waals surface area contributed by atoms with Crippen LogP contribution in [0.5, 0.6) is 0 Å². The normalized spacial score (nSPS) is 17.9. The zero-order valence-corrected chi connectivity index (χ0v) is 11.7. The van der Waals surface area contributed by atoms with E-state index < -0.39 is 0 Å². The molecular formula is C16H25N. The lowest BCUT2D eigenvalue weighted by Gasteiger charge is -2.36. The summed E-state index contributed by atoms with van der Waals surface area (Å²) in [6.07, 6.45) is 2.71. The van der Waals surface area contributed by atoms with Gasteiger partial charge in [0, 0.05) is 5.54 Å². The van der Waals surface area contributed by atoms with E-state index in [1.165, 1.54) is 37.1 Å². The van der Waals surface area contributed by atoms with Gasteiger partial charge >= 0.3 is 0 Å². The maximum absolute atomic E-state index is 2.62. The molecule has 1 heteroatoms. The Balaban J connectivity index is 2.28. The molecule has 94 valence electrons. The quantitative estimate of drug-likeness (QED) is 0.755. The Kier molecular flexibility index (Phi) is 3.58. The van der Waals surface area contributed by atoms with Crippen molar-refractivity contribution in [2.24, 2.45) is 0 Å². The Morgan fingerprint density at radius 1 is 1.12 bits per heavy atom. The highest BCUT2D eigenvalue weighted by Gasteiger charge is 2.30. The van der Waals surface area contributed by atoms with Gasteiger partial charge in [-0.3, -0.25) is 4.90 Å². The molecule has 17 heavy (non-hydrogen) atoms. The molecule has 1 aromatic carbocycles. The lowest BCUT2D eigenvalue weighted by atomic mass is 9.89. The summed E-state index contributed by atoms with van der Waals surface area (Å²) in [6, 6.07) is 9.13. The Morgan fingerprint density at radius 2 is 1.76 bits per heavy atom. The summed E-state index contributed by atoms with van der Waals surface area (Å²) in [6.45, 7) is 11.7. The van der Waals surface area contributed by atoms with E-state index in [0.717, 1.165) is 0 Å². The topological polar surface area (TPSA) is 3.24 Å². The molecule has 0 N–H and O–H groups in total. The molecule has 0 atom stereocenters. The van der Waals surface area contributed by atoms with Crippen molar-refractivity contribution in [2.45, 2.75) is 52.0 Å². The second-order valence-corrected chi connectivity index (χ2v) is 6.03. The number of rotatable bonds is 3. The first-order chi connectivity index (χ1) is 8.01. The monoisotopic (exact) mass is 231 g/mol. The van der Waals surface area contributed by atoms with Gasteiger partial charge in [-0.25, -0.2) is 0 Å². The molecule has 1 heterocycles. The molecule has 2 rings (SSSR count). The summed E-state index contributed by atoms with van der Waals surface area (Å²) in [7, 11) is 0. The molecule has 0 unspecified atom stereocenters. The van der Waals surface area contributed by atoms with Gasteiger partial charge in [0.25, 0.3) is 0 Å². The highest BCUT2D eigenvalue weighted by atomic mass is 15.2. The van der Waals surface area contributed by atoms with Crippen molar-refractivity contribution in [3.63, 3.8) is 0 Å². The molecule has 0 spiro atoms. The van der Waals surface area contributed by atoms with E-state index in [2.05, 4.69) is 56.9 Å². The molecular weight excluding hydrogens is 206 g/mol. The predicted octanol–water partition coefficient (Wildman–Crippen LogP) is 4.14. The Labute approximate surface area is 106 Å². The number of hydrogen-bond acceptors (Lipinski definition) is 1. The standard InChI is InChI=1S/C16H25N/c1-13(2)14-8-7-9-15(12-14)16(3,4)17-10-5-6-11-17/h7-9,12-13H,5-6,10-11H2,1-4H3. The van der Waals surface area contributed by atoms with E-state index in [1.807, 2.05) is 0 Å². The summed E-state index contributed by atoms with van der Waals surface area (Å²) in [4.78, 5) is 2.62. The molecule has 0 radical (unpaired) electrons. The minimum absolute atomic E-state index is 0.182. The van der Waals surface area contributed by atoms with Crippen LogP contribution < -0.4 is 0 Å². The van der Waals surface area contributed by atoms with Crippen LogP contribution in [0.15, 0.2) is 24.3 Å². The van der Waals surface area contributed by atoms with Crippen LogP contribution in [0.4, 0.5) is 0 Å². The Hall–Kier alpha value is -0.820. The largest absolute Gasteiger partial charge is 0.294 e. The van der Waals surface area contributed by atoms with Crippen LogP contribution in [0, 0.1) is 0 Å². The minimum atomic E-state index is 0.182. The SMILES string of the molecule is CC(C)c1cccc(C(C)(C)N2CCCC2)c1. The van der Waals surface area contributed by atoms with Crippen LogP contribution in [0.25, 0.3) is 0 Å². The summed E-state index contributed by atoms with van der Waals surface area (Å²) in [5, 5.41) is 0. The molecule has 0 bridgehead atoms. The number of hydrogen-bond donors (Lipinski definition) is 0. The van der Waals surface area contributed by atoms with Gasteiger partial charge in [-0.15, -0.1) is 0 Å². The van der Waals surface area contributed by atoms with Crippen molar-refractivity contribution in [3.8, 4) is 0 Å². The smallest absolute Gasteiger partial charge is 0.0404 e. The minimum Gasteiger partial charge on any atom is -0.294 e. The average molecular weight is 231 g/mol. The Bertz CT molecular complexity index is 373. The van der Waals surface area contributed by atoms with Crippen LogP contribution in [0.3, 0.4) is 0 Å². The third kappa shape index (κ3) is 2.55. The van der Waals surface area contributed by atoms with Crippen molar-refractivity contribution in [1.82, 2.24) is 4.90 Å². The molecule has 0 aromatic heterocycles. The lowest BCUT2D eigenvalue weighted by Crippen LogP contribution is -2.39. The van der Waals surface area contributed by atoms with Crippen LogP contribution in [0.1, 0.15) is 57.6 Å². The fourth-order valence-corrected chi connectivity index (χ4v) is 2.74. The zero-order valence-electron chi connectivity index (χ0n) is 11.7. The first-order valence-electron chi connectivity index (χ1n) is 6.87. The lowest BCUT2D eigenvalue weighted by molar-refractivity contribution is 0.155. The highest BCUT2D eigenvalue weighted by molar-refractivity contribution is 5.30. The molecule has 0 aliphatic carbocycles. The number of benzene rings is 1. The van der Waals surface area contributed by atoms with Gasteiger partial charge in [0.1, 0.15) is 0 Å². The molecule has 1 aromatic rings. The third-order valence-electron chi connectivity index (χ3n) is 4.16. The summed E-state index contributed by atoms with van der Waals surface area (Å²) >= 11 is 0. The van der Waals surface area contributed by atoms with E-state index in [4.69, 9.17) is 0 Å². The fraction of sp³-hybridized carbons (Fsp3) is 0.625. The van der Waals surface area contributed by atoms with E-state index in [1.54, 1.807) is 0 Å². The van der Waals surface area contributed by atoms with E-state index >= 15 is 0 Å². The molecule has 1 fully saturated rings. The van der Waals surface area contributed by atoms with Crippen molar-refractivity contribution >= 4 is 0 Å². The second-order valence-electron chi connectivity index (χ2n) is 6.03. The third-order valence-corrected chi connectivity index (χ3v) is 4.16. The number of likely N-dealkylation sites (tertiary alicyclic amines) is 1. The maximum atomic E-state index is 2.62. The van der Waals surface area contributed by atoms with Gasteiger partial charge in [-0.1, -0.05) is 38.1 Å². The fourth-order valence-electron chi connectivity index (χ4n) is 2.74. The zero-order chi connectivity index (χ0) is 12.5. The van der Waals surface area contributed by atoms with E-state index in [-0.39, 0.29) is 5.54 Å². The first kappa shape index (κ1) is 12.6. The van der Waals surface area contributed by atoms with Gasteiger partial charge in [-0.05, 0) is 56.8 Å². The second kappa shape index (κ2) is 4.81. The molecule has 1 aliphatic heterocycles. The molecule has 0 amide bonds. The van der Waals surface area contributed by atoms with Gasteiger partial charge in [0.05, 0.1) is 0 Å². The first-order valence-corrected chi connectivity index (χ1v) is 6.87. The van der Waals surface area contributed by atoms with E-state index in [0.29, 0.717) is 5.92 Å². The Morgan fingerprint density at radius 3 is 2.35 bits per heavy atom. The van der Waals surface area contributed by atoms with Crippen LogP contribution >= 0.6 is 0 Å². The van der Waals surface area contributed by atoms with Crippen molar-refractivity contribution < 1.29 is 0 Å². The van der Waals surface area contributed by atoms with Crippen LogP contribution in [0.2, 0.25) is 0 Å². The van der Waals surface area contributed by atoms with Gasteiger partial charge < -0.3 is 0 Å². The van der Waals surface area contributed by atoms with Crippen molar-refractivity contribution in [1.29, 1.82) is 0 Å². The predicted molar refractivity (Wildman–Crippen MR) is 74.4 cm³/mol. The summed E-state index contributed by atoms with van der Waals surface area (Å²) < 4.78 is 0. The van der Waals surface area contributed by atoms with Crippen molar-refractivity contribution in [2.75, 3.05) is 13.1 Å². The molecule has 1 nitrogen and oxygen atoms in total. The van der Waals surface area contributed by atoms with Crippen molar-refractivity contribution in [3.05, 3.63) is 35.4 Å². The summed E-state index contributed by atoms with van der Waals surface area (Å²) in [5.74, 6) is 0.615. The average Bonchev–Trinajstić information content (AvgIpc) is 2.83. The van der Waals surface area contributed by atoms with E-state index in [9.17, 15) is 0 Å². The molecule has 1 saturated heterocycles. The maximum Gasteiger partial charge on any atom is 0.0404 e. The van der Waals surface area contributed by atoms with Crippen LogP contribution in [-0.2, 0) is 5.54 Å². The number of nitrogens with zero attached hydrogens (tertiary/aromatic N) is 1. The summed E-state index contributed by atoms with van der Waals surface area (Å²) in [5.41, 5.74) is 3.10. The van der Waals surface area contributed by atoms with Crippen LogP contribution in [-0.4, -0.2) is 18.0 Å².